The Bertz CT molecular complexity index is 780. The Balaban J connectivity index is 1.67. The number of benzene rings is 2. The number of nitrogen functional groups attached to an aromatic ring is 1. The Morgan fingerprint density at radius 1 is 1.27 bits per heavy atom. The summed E-state index contributed by atoms with van der Waals surface area (Å²) in [5, 5.41) is 24.3. The van der Waals surface area contributed by atoms with E-state index in [0.717, 1.165) is 47.1 Å². The lowest BCUT2D eigenvalue weighted by Gasteiger charge is -2.27. The van der Waals surface area contributed by atoms with Crippen LogP contribution in [0, 0.1) is 5.41 Å². The third-order valence-corrected chi connectivity index (χ3v) is 5.21. The Morgan fingerprint density at radius 3 is 2.88 bits per heavy atom. The largest absolute Gasteiger partial charge is 0.398 e. The molecule has 1 saturated carbocycles. The molecule has 0 spiro atoms. The van der Waals surface area contributed by atoms with Gasteiger partial charge >= 0.3 is 0 Å². The first-order valence-corrected chi connectivity index (χ1v) is 9.71. The second kappa shape index (κ2) is 8.56. The smallest absolute Gasteiger partial charge is 0.0559 e. The molecule has 2 atom stereocenters. The summed E-state index contributed by atoms with van der Waals surface area (Å²) < 4.78 is 0.884. The number of hydrogen-bond acceptors (Lipinski definition) is 5. The van der Waals surface area contributed by atoms with E-state index in [1.807, 2.05) is 12.1 Å². The van der Waals surface area contributed by atoms with E-state index in [-0.39, 0.29) is 6.10 Å². The van der Waals surface area contributed by atoms with Gasteiger partial charge in [0, 0.05) is 45.9 Å². The summed E-state index contributed by atoms with van der Waals surface area (Å²) in [6, 6.07) is 12.3. The van der Waals surface area contributed by atoms with Crippen molar-refractivity contribution in [2.24, 2.45) is 0 Å². The summed E-state index contributed by atoms with van der Waals surface area (Å²) in [7, 11) is 0. The van der Waals surface area contributed by atoms with Crippen LogP contribution in [0.25, 0.3) is 0 Å². The van der Waals surface area contributed by atoms with E-state index in [0.29, 0.717) is 23.8 Å². The van der Waals surface area contributed by atoms with Crippen molar-refractivity contribution in [1.29, 1.82) is 5.41 Å². The van der Waals surface area contributed by atoms with Crippen molar-refractivity contribution in [3.05, 3.63) is 52.0 Å². The van der Waals surface area contributed by atoms with Crippen LogP contribution in [0.1, 0.15) is 36.8 Å². The van der Waals surface area contributed by atoms with Crippen LogP contribution >= 0.6 is 15.9 Å². The fourth-order valence-electron chi connectivity index (χ4n) is 3.45. The molecular formula is C20H25BrN4O. The standard InChI is InChI=1S/C20H25BrN4O/c21-14-8-19(23)18(11-22)20(9-14)24-12-13-3-1-4-15(7-13)25-16-5-2-6-17(26)10-16/h1,3-4,7-9,11,16-17,22,24-26H,2,5-6,10,12,23H2. The number of halogens is 1. The molecule has 2 aromatic carbocycles. The summed E-state index contributed by atoms with van der Waals surface area (Å²) in [6.07, 6.45) is 4.97. The van der Waals surface area contributed by atoms with Crippen LogP contribution in [-0.2, 0) is 6.54 Å². The number of rotatable bonds is 6. The van der Waals surface area contributed by atoms with Crippen molar-refractivity contribution < 1.29 is 5.11 Å². The van der Waals surface area contributed by atoms with Gasteiger partial charge in [0.1, 0.15) is 0 Å². The van der Waals surface area contributed by atoms with Crippen molar-refractivity contribution in [3.63, 3.8) is 0 Å². The van der Waals surface area contributed by atoms with E-state index in [1.54, 1.807) is 6.07 Å². The molecule has 5 nitrogen and oxygen atoms in total. The fraction of sp³-hybridized carbons (Fsp3) is 0.350. The molecule has 0 saturated heterocycles. The minimum Gasteiger partial charge on any atom is -0.398 e. The van der Waals surface area contributed by atoms with E-state index >= 15 is 0 Å². The first-order chi connectivity index (χ1) is 12.5. The number of aliphatic hydroxyl groups is 1. The molecule has 6 N–H and O–H groups in total. The molecule has 0 aromatic heterocycles. The van der Waals surface area contributed by atoms with Crippen LogP contribution in [0.2, 0.25) is 0 Å². The fourth-order valence-corrected chi connectivity index (χ4v) is 3.92. The van der Waals surface area contributed by atoms with Gasteiger partial charge in [0.15, 0.2) is 0 Å². The average Bonchev–Trinajstić information content (AvgIpc) is 2.60. The first kappa shape index (κ1) is 18.7. The SMILES string of the molecule is N=Cc1c(N)cc(Br)cc1NCc1cccc(NC2CCCC(O)C2)c1. The number of aliphatic hydroxyl groups excluding tert-OH is 1. The third-order valence-electron chi connectivity index (χ3n) is 4.75. The van der Waals surface area contributed by atoms with E-state index < -0.39 is 0 Å². The molecule has 26 heavy (non-hydrogen) atoms. The Morgan fingerprint density at radius 2 is 2.12 bits per heavy atom. The van der Waals surface area contributed by atoms with Gasteiger partial charge in [-0.05, 0) is 55.5 Å². The molecule has 2 unspecified atom stereocenters. The highest BCUT2D eigenvalue weighted by molar-refractivity contribution is 9.10. The van der Waals surface area contributed by atoms with Crippen molar-refractivity contribution in [3.8, 4) is 0 Å². The normalized spacial score (nSPS) is 19.8. The molecule has 0 heterocycles. The zero-order valence-electron chi connectivity index (χ0n) is 14.6. The zero-order chi connectivity index (χ0) is 18.5. The van der Waals surface area contributed by atoms with Gasteiger partial charge in [-0.1, -0.05) is 28.1 Å². The number of anilines is 3. The van der Waals surface area contributed by atoms with Crippen LogP contribution in [0.4, 0.5) is 17.1 Å². The molecule has 0 radical (unpaired) electrons. The lowest BCUT2D eigenvalue weighted by atomic mass is 9.93. The lowest BCUT2D eigenvalue weighted by Crippen LogP contribution is -2.29. The molecule has 1 aliphatic rings. The minimum absolute atomic E-state index is 0.187. The summed E-state index contributed by atoms with van der Waals surface area (Å²) in [6.45, 7) is 0.638. The van der Waals surface area contributed by atoms with E-state index in [9.17, 15) is 5.11 Å². The number of nitrogens with one attached hydrogen (secondary N) is 3. The predicted molar refractivity (Wildman–Crippen MR) is 112 cm³/mol. The molecule has 1 fully saturated rings. The molecular weight excluding hydrogens is 392 g/mol. The summed E-state index contributed by atoms with van der Waals surface area (Å²) >= 11 is 3.45. The number of hydrogen-bond donors (Lipinski definition) is 5. The van der Waals surface area contributed by atoms with E-state index in [1.165, 1.54) is 6.21 Å². The van der Waals surface area contributed by atoms with Crippen LogP contribution in [0.15, 0.2) is 40.9 Å². The van der Waals surface area contributed by atoms with E-state index in [2.05, 4.69) is 44.8 Å². The maximum absolute atomic E-state index is 9.83. The quantitative estimate of drug-likeness (QED) is 0.357. The Labute approximate surface area is 162 Å². The molecule has 2 aromatic rings. The molecule has 3 rings (SSSR count). The van der Waals surface area contributed by atoms with Crippen molar-refractivity contribution in [2.45, 2.75) is 44.4 Å². The Kier molecular flexibility index (Phi) is 6.16. The van der Waals surface area contributed by atoms with Gasteiger partial charge in [0.05, 0.1) is 6.10 Å². The van der Waals surface area contributed by atoms with E-state index in [4.69, 9.17) is 11.1 Å². The van der Waals surface area contributed by atoms with Crippen LogP contribution in [0.3, 0.4) is 0 Å². The van der Waals surface area contributed by atoms with Crippen LogP contribution in [0.5, 0.6) is 0 Å². The van der Waals surface area contributed by atoms with Gasteiger partial charge < -0.3 is 26.9 Å². The van der Waals surface area contributed by atoms with Gasteiger partial charge in [-0.15, -0.1) is 0 Å². The maximum atomic E-state index is 9.83. The summed E-state index contributed by atoms with van der Waals surface area (Å²) in [5.74, 6) is 0. The first-order valence-electron chi connectivity index (χ1n) is 8.92. The van der Waals surface area contributed by atoms with Gasteiger partial charge in [-0.25, -0.2) is 0 Å². The maximum Gasteiger partial charge on any atom is 0.0559 e. The second-order valence-electron chi connectivity index (χ2n) is 6.82. The van der Waals surface area contributed by atoms with Crippen molar-refractivity contribution in [2.75, 3.05) is 16.4 Å². The highest BCUT2D eigenvalue weighted by atomic mass is 79.9. The van der Waals surface area contributed by atoms with Gasteiger partial charge in [0.25, 0.3) is 0 Å². The van der Waals surface area contributed by atoms with Crippen LogP contribution < -0.4 is 16.4 Å². The molecule has 0 aliphatic heterocycles. The molecule has 1 aliphatic carbocycles. The second-order valence-corrected chi connectivity index (χ2v) is 7.73. The molecule has 138 valence electrons. The molecule has 6 heteroatoms. The zero-order valence-corrected chi connectivity index (χ0v) is 16.2. The molecule has 0 bridgehead atoms. The van der Waals surface area contributed by atoms with Gasteiger partial charge in [0.2, 0.25) is 0 Å². The highest BCUT2D eigenvalue weighted by Crippen LogP contribution is 2.27. The van der Waals surface area contributed by atoms with Gasteiger partial charge in [-0.3, -0.25) is 0 Å². The minimum atomic E-state index is -0.187. The molecule has 0 amide bonds. The summed E-state index contributed by atoms with van der Waals surface area (Å²) in [4.78, 5) is 0. The third kappa shape index (κ3) is 4.77. The van der Waals surface area contributed by atoms with Crippen molar-refractivity contribution >= 4 is 39.2 Å². The Hall–Kier alpha value is -2.05. The lowest BCUT2D eigenvalue weighted by molar-refractivity contribution is 0.124. The van der Waals surface area contributed by atoms with Crippen LogP contribution in [-0.4, -0.2) is 23.5 Å². The number of nitrogens with two attached hydrogens (primary N) is 1. The van der Waals surface area contributed by atoms with Crippen molar-refractivity contribution in [1.82, 2.24) is 0 Å². The average molecular weight is 417 g/mol. The monoisotopic (exact) mass is 416 g/mol. The summed E-state index contributed by atoms with van der Waals surface area (Å²) in [5.41, 5.74) is 10.3. The van der Waals surface area contributed by atoms with Gasteiger partial charge in [-0.2, -0.15) is 0 Å². The predicted octanol–water partition coefficient (Wildman–Crippen LogP) is 4.36. The topological polar surface area (TPSA) is 94.2 Å². The highest BCUT2D eigenvalue weighted by Gasteiger charge is 2.19.